The summed E-state index contributed by atoms with van der Waals surface area (Å²) in [6.07, 6.45) is 66.4. The summed E-state index contributed by atoms with van der Waals surface area (Å²) in [5.74, 6) is 0. The van der Waals surface area contributed by atoms with Gasteiger partial charge in [-0.3, -0.25) is 0 Å². The van der Waals surface area contributed by atoms with Gasteiger partial charge in [0.25, 0.3) is 0 Å². The van der Waals surface area contributed by atoms with Crippen molar-refractivity contribution in [1.82, 2.24) is 0 Å². The predicted molar refractivity (Wildman–Crippen MR) is 320 cm³/mol. The Balaban J connectivity index is 0.00000577. The van der Waals surface area contributed by atoms with Crippen LogP contribution in [0.1, 0.15) is 313 Å². The average Bonchev–Trinajstić information content (AvgIpc) is 3.66. The summed E-state index contributed by atoms with van der Waals surface area (Å²) in [6, 6.07) is 18.0. The molecule has 5 heteroatoms. The summed E-state index contributed by atoms with van der Waals surface area (Å²) in [6.45, 7) is 9.22. The molecule has 0 spiro atoms. The number of benzene rings is 2. The number of rotatable bonds is 47. The maximum atomic E-state index is 12.6. The van der Waals surface area contributed by atoms with Crippen LogP contribution in [0.5, 0.6) is 0 Å². The Morgan fingerprint density at radius 1 is 0.347 bits per heavy atom. The van der Waals surface area contributed by atoms with Crippen LogP contribution in [0.3, 0.4) is 0 Å². The predicted octanol–water partition coefficient (Wildman–Crippen LogP) is 24.5. The van der Waals surface area contributed by atoms with Gasteiger partial charge in [-0.15, -0.1) is 0 Å². The van der Waals surface area contributed by atoms with Gasteiger partial charge in [0.1, 0.15) is 0 Å². The average molecular weight is 1070 g/mol. The quantitative estimate of drug-likeness (QED) is 0.0273. The molecule has 0 aliphatic carbocycles. The molecular weight excluding hydrogens is 962 g/mol. The molecule has 0 aromatic heterocycles. The van der Waals surface area contributed by atoms with Crippen LogP contribution in [0.2, 0.25) is 0 Å². The third kappa shape index (κ3) is 31.2. The SMILES string of the molecule is CCCCCCCCCCCCCCCCC=CCCCc1ccccc1C1=C(CCCC)C(CCCCC)=C(c2ccccc2CCCC=CCCCCCCCCCCCCCCCC)[N+]1=[N-].[Cl][Ni][Cl]. The molecule has 3 rings (SSSR count). The van der Waals surface area contributed by atoms with Crippen LogP contribution in [0, 0.1) is 0 Å². The van der Waals surface area contributed by atoms with Gasteiger partial charge in [0.2, 0.25) is 11.4 Å². The van der Waals surface area contributed by atoms with Crippen LogP contribution in [-0.4, -0.2) is 4.70 Å². The molecule has 412 valence electrons. The second-order valence-electron chi connectivity index (χ2n) is 21.4. The summed E-state index contributed by atoms with van der Waals surface area (Å²) in [5, 5.41) is 0. The minimum atomic E-state index is 0.569. The molecular formula is C67H110Cl2N2Ni. The topological polar surface area (TPSA) is 25.3 Å². The Bertz CT molecular complexity index is 1720. The van der Waals surface area contributed by atoms with Crippen molar-refractivity contribution < 1.29 is 17.4 Å². The van der Waals surface area contributed by atoms with Gasteiger partial charge >= 0.3 is 33.0 Å². The van der Waals surface area contributed by atoms with E-state index in [1.54, 1.807) is 4.70 Å². The van der Waals surface area contributed by atoms with Gasteiger partial charge in [-0.1, -0.05) is 275 Å². The summed E-state index contributed by atoms with van der Waals surface area (Å²) in [4.78, 5) is 0. The molecule has 0 amide bonds. The molecule has 0 fully saturated rings. The molecule has 2 nitrogen and oxygen atoms in total. The second kappa shape index (κ2) is 48.7. The number of aryl methyl sites for hydroxylation is 2. The van der Waals surface area contributed by atoms with Crippen LogP contribution in [0.15, 0.2) is 84.0 Å². The first-order valence-corrected chi connectivity index (χ1v) is 33.6. The van der Waals surface area contributed by atoms with E-state index in [2.05, 4.69) is 101 Å². The second-order valence-corrected chi connectivity index (χ2v) is 23.0. The molecule has 0 radical (unpaired) electrons. The van der Waals surface area contributed by atoms with Gasteiger partial charge in [0.05, 0.1) is 0 Å². The molecule has 0 saturated carbocycles. The van der Waals surface area contributed by atoms with Crippen molar-refractivity contribution in [2.45, 2.75) is 304 Å². The Morgan fingerprint density at radius 3 is 0.944 bits per heavy atom. The third-order valence-corrected chi connectivity index (χ3v) is 15.1. The van der Waals surface area contributed by atoms with E-state index in [-0.39, 0.29) is 0 Å². The van der Waals surface area contributed by atoms with E-state index in [0.717, 1.165) is 82.0 Å². The monoisotopic (exact) mass is 1070 g/mol. The first-order valence-electron chi connectivity index (χ1n) is 30.8. The molecule has 1 heterocycles. The van der Waals surface area contributed by atoms with Gasteiger partial charge in [-0.2, -0.15) is 0 Å². The first kappa shape index (κ1) is 66.2. The van der Waals surface area contributed by atoms with Gasteiger partial charge < -0.3 is 5.53 Å². The number of allylic oxidation sites excluding steroid dienone is 6. The fraction of sp³-hybridized carbons (Fsp3) is 0.701. The molecule has 1 aliphatic rings. The zero-order valence-corrected chi connectivity index (χ0v) is 49.8. The molecule has 2 aromatic rings. The van der Waals surface area contributed by atoms with E-state index >= 15 is 0 Å². The number of unbranched alkanes of at least 4 members (excludes halogenated alkanes) is 33. The van der Waals surface area contributed by atoms with Crippen molar-refractivity contribution in [2.75, 3.05) is 0 Å². The summed E-state index contributed by atoms with van der Waals surface area (Å²) >= 11 is 0.569. The molecule has 0 atom stereocenters. The summed E-state index contributed by atoms with van der Waals surface area (Å²) in [7, 11) is 9.40. The first-order chi connectivity index (χ1) is 35.6. The van der Waals surface area contributed by atoms with E-state index in [1.807, 2.05) is 0 Å². The fourth-order valence-electron chi connectivity index (χ4n) is 10.8. The number of nitrogens with zero attached hydrogens (tertiary/aromatic N) is 2. The van der Waals surface area contributed by atoms with E-state index in [0.29, 0.717) is 12.7 Å². The van der Waals surface area contributed by atoms with E-state index in [4.69, 9.17) is 20.4 Å². The normalized spacial score (nSPS) is 12.9. The summed E-state index contributed by atoms with van der Waals surface area (Å²) in [5.41, 5.74) is 22.6. The van der Waals surface area contributed by atoms with E-state index in [1.165, 1.54) is 239 Å². The molecule has 1 aliphatic heterocycles. The Morgan fingerprint density at radius 2 is 0.611 bits per heavy atom. The molecule has 0 bridgehead atoms. The van der Waals surface area contributed by atoms with Gasteiger partial charge in [-0.25, -0.2) is 4.70 Å². The van der Waals surface area contributed by atoms with Crippen molar-refractivity contribution in [3.63, 3.8) is 0 Å². The van der Waals surface area contributed by atoms with Crippen LogP contribution >= 0.6 is 20.4 Å². The third-order valence-electron chi connectivity index (χ3n) is 15.1. The zero-order chi connectivity index (χ0) is 51.8. The van der Waals surface area contributed by atoms with Gasteiger partial charge in [-0.05, 0) is 113 Å². The summed E-state index contributed by atoms with van der Waals surface area (Å²) < 4.78 is 1.65. The molecule has 2 aromatic carbocycles. The number of halogens is 2. The van der Waals surface area contributed by atoms with Crippen LogP contribution in [0.25, 0.3) is 16.9 Å². The van der Waals surface area contributed by atoms with Crippen LogP contribution in [-0.2, 0) is 25.5 Å². The van der Waals surface area contributed by atoms with E-state index < -0.39 is 0 Å². The number of hydrogen-bond donors (Lipinski definition) is 0. The van der Waals surface area contributed by atoms with Crippen molar-refractivity contribution >= 4 is 31.8 Å². The maximum absolute atomic E-state index is 12.6. The van der Waals surface area contributed by atoms with Crippen molar-refractivity contribution in [1.29, 1.82) is 0 Å². The van der Waals surface area contributed by atoms with Crippen molar-refractivity contribution in [2.24, 2.45) is 0 Å². The van der Waals surface area contributed by atoms with Crippen LogP contribution in [0.4, 0.5) is 0 Å². The standard InChI is InChI=1S/C67H110N2.2ClH.Ni/c1-5-9-13-15-17-19-21-23-25-27-29-31-33-35-37-39-41-43-46-52-60-54-48-50-57-62(60)66-64(56-12-8-4)65(59-45-11-7-3)67(69(66)68)63-58-51-49-55-61(63)53-47-44-42-40-38-36-34-32-30-28-26-24-22-20-18-16-14-10-6-2;;;/h39-42,48-51,54-55,57-58H,5-38,43-47,52-53,56,59H2,1-4H3;2*1H;/q;;;+2/p-2. The van der Waals surface area contributed by atoms with Crippen molar-refractivity contribution in [3.05, 3.63) is 112 Å². The Hall–Kier alpha value is -1.93. The fourth-order valence-corrected chi connectivity index (χ4v) is 10.8. The molecule has 72 heavy (non-hydrogen) atoms. The van der Waals surface area contributed by atoms with Crippen LogP contribution < -0.4 is 0 Å². The van der Waals surface area contributed by atoms with Gasteiger partial charge in [0.15, 0.2) is 0 Å². The van der Waals surface area contributed by atoms with Gasteiger partial charge in [0, 0.05) is 22.3 Å². The Kier molecular flexibility index (Phi) is 44.8. The molecule has 0 unspecified atom stereocenters. The van der Waals surface area contributed by atoms with Crippen molar-refractivity contribution in [3.8, 4) is 0 Å². The minimum absolute atomic E-state index is 0.569. The number of hydrogen-bond acceptors (Lipinski definition) is 0. The Labute approximate surface area is 461 Å². The molecule has 0 N–H and O–H groups in total. The zero-order valence-electron chi connectivity index (χ0n) is 47.3. The molecule has 0 saturated heterocycles. The van der Waals surface area contributed by atoms with E-state index in [9.17, 15) is 5.53 Å².